The second kappa shape index (κ2) is 7.03. The Hall–Kier alpha value is -0.420. The van der Waals surface area contributed by atoms with Crippen molar-refractivity contribution in [3.05, 3.63) is 0 Å². The minimum absolute atomic E-state index is 0.0171. The Bertz CT molecular complexity index is 185. The van der Waals surface area contributed by atoms with E-state index in [-0.39, 0.29) is 11.2 Å². The molecule has 2 unspecified atom stereocenters. The number of likely N-dealkylation sites (N-methyl/N-ethyl adjacent to an activating group) is 1. The molecule has 1 amide bonds. The number of nitrogens with one attached hydrogen (secondary N) is 2. The van der Waals surface area contributed by atoms with Crippen molar-refractivity contribution >= 4 is 16.7 Å². The third-order valence-electron chi connectivity index (χ3n) is 1.66. The maximum absolute atomic E-state index is 10.9. The summed E-state index contributed by atoms with van der Waals surface area (Å²) in [6.45, 7) is 5.33. The van der Waals surface area contributed by atoms with Gasteiger partial charge in [0.25, 0.3) is 0 Å². The van der Waals surface area contributed by atoms with Gasteiger partial charge in [-0.15, -0.1) is 0 Å². The zero-order valence-corrected chi connectivity index (χ0v) is 9.24. The number of amides is 1. The second-order valence-electron chi connectivity index (χ2n) is 2.89. The molecule has 2 N–H and O–H groups in total. The second-order valence-corrected chi connectivity index (χ2v) is 4.70. The van der Waals surface area contributed by atoms with E-state index in [2.05, 4.69) is 10.6 Å². The van der Waals surface area contributed by atoms with Crippen molar-refractivity contribution < 1.29 is 9.00 Å². The van der Waals surface area contributed by atoms with E-state index in [1.165, 1.54) is 0 Å². The van der Waals surface area contributed by atoms with Crippen LogP contribution in [0.4, 0.5) is 0 Å². The predicted molar refractivity (Wildman–Crippen MR) is 55.1 cm³/mol. The van der Waals surface area contributed by atoms with E-state index >= 15 is 0 Å². The van der Waals surface area contributed by atoms with Crippen LogP contribution >= 0.6 is 0 Å². The maximum Gasteiger partial charge on any atom is 0.233 e. The van der Waals surface area contributed by atoms with Crippen LogP contribution in [-0.4, -0.2) is 41.3 Å². The summed E-state index contributed by atoms with van der Waals surface area (Å²) >= 11 is 0. The van der Waals surface area contributed by atoms with E-state index in [0.29, 0.717) is 19.6 Å². The average molecular weight is 206 g/mol. The third-order valence-corrected chi connectivity index (χ3v) is 2.96. The lowest BCUT2D eigenvalue weighted by molar-refractivity contribution is -0.120. The van der Waals surface area contributed by atoms with Crippen molar-refractivity contribution in [1.82, 2.24) is 10.6 Å². The molecule has 0 spiro atoms. The van der Waals surface area contributed by atoms with Gasteiger partial charge in [-0.1, -0.05) is 0 Å². The molecule has 0 aromatic heterocycles. The Kier molecular flexibility index (Phi) is 6.80. The normalized spacial score (nSPS) is 15.0. The molecule has 0 radical (unpaired) electrons. The zero-order valence-electron chi connectivity index (χ0n) is 8.42. The standard InChI is InChI=1S/C8H18N2O2S/c1-4-10-8(11)6-9-5-7(2)13(3)12/h7,9H,4-6H2,1-3H3,(H,10,11). The van der Waals surface area contributed by atoms with Gasteiger partial charge in [0.1, 0.15) is 0 Å². The summed E-state index contributed by atoms with van der Waals surface area (Å²) < 4.78 is 10.9. The first kappa shape index (κ1) is 12.6. The molecular formula is C8H18N2O2S. The van der Waals surface area contributed by atoms with E-state index in [1.54, 1.807) is 6.26 Å². The molecule has 4 nitrogen and oxygen atoms in total. The Morgan fingerprint density at radius 1 is 1.54 bits per heavy atom. The van der Waals surface area contributed by atoms with Gasteiger partial charge in [0.2, 0.25) is 5.91 Å². The molecule has 0 saturated carbocycles. The Balaban J connectivity index is 3.44. The monoisotopic (exact) mass is 206 g/mol. The highest BCUT2D eigenvalue weighted by Crippen LogP contribution is 1.88. The quantitative estimate of drug-likeness (QED) is 0.615. The van der Waals surface area contributed by atoms with Crippen LogP contribution in [0, 0.1) is 0 Å². The minimum atomic E-state index is -0.823. The fraction of sp³-hybridized carbons (Fsp3) is 0.875. The van der Waals surface area contributed by atoms with Crippen LogP contribution in [0.1, 0.15) is 13.8 Å². The topological polar surface area (TPSA) is 58.2 Å². The highest BCUT2D eigenvalue weighted by atomic mass is 32.2. The van der Waals surface area contributed by atoms with Crippen LogP contribution in [0.2, 0.25) is 0 Å². The van der Waals surface area contributed by atoms with Crippen molar-refractivity contribution in [2.45, 2.75) is 19.1 Å². The Labute approximate surface area is 81.9 Å². The smallest absolute Gasteiger partial charge is 0.233 e. The molecule has 0 aliphatic heterocycles. The molecule has 0 heterocycles. The fourth-order valence-corrected chi connectivity index (χ4v) is 1.12. The van der Waals surface area contributed by atoms with Gasteiger partial charge in [-0.3, -0.25) is 9.00 Å². The van der Waals surface area contributed by atoms with Gasteiger partial charge in [0.15, 0.2) is 0 Å². The minimum Gasteiger partial charge on any atom is -0.355 e. The van der Waals surface area contributed by atoms with Crippen LogP contribution in [0.5, 0.6) is 0 Å². The van der Waals surface area contributed by atoms with Crippen molar-refractivity contribution in [3.63, 3.8) is 0 Å². The zero-order chi connectivity index (χ0) is 10.3. The molecule has 0 saturated heterocycles. The molecule has 78 valence electrons. The van der Waals surface area contributed by atoms with Gasteiger partial charge >= 0.3 is 0 Å². The number of carbonyl (C=O) groups is 1. The van der Waals surface area contributed by atoms with E-state index in [0.717, 1.165) is 0 Å². The number of hydrogen-bond donors (Lipinski definition) is 2. The van der Waals surface area contributed by atoms with E-state index < -0.39 is 10.8 Å². The number of hydrogen-bond acceptors (Lipinski definition) is 3. The molecule has 0 rings (SSSR count). The highest BCUT2D eigenvalue weighted by molar-refractivity contribution is 7.84. The lowest BCUT2D eigenvalue weighted by Gasteiger charge is -2.09. The van der Waals surface area contributed by atoms with Crippen LogP contribution in [0.25, 0.3) is 0 Å². The Morgan fingerprint density at radius 3 is 2.62 bits per heavy atom. The van der Waals surface area contributed by atoms with Gasteiger partial charge in [-0.25, -0.2) is 0 Å². The van der Waals surface area contributed by atoms with Gasteiger partial charge in [0, 0.05) is 35.4 Å². The molecule has 5 heteroatoms. The molecule has 0 aromatic carbocycles. The molecule has 0 aliphatic carbocycles. The van der Waals surface area contributed by atoms with Crippen molar-refractivity contribution in [3.8, 4) is 0 Å². The lowest BCUT2D eigenvalue weighted by Crippen LogP contribution is -2.37. The van der Waals surface area contributed by atoms with Crippen LogP contribution in [0.3, 0.4) is 0 Å². The molecule has 0 aliphatic rings. The summed E-state index contributed by atoms with van der Waals surface area (Å²) in [5.74, 6) is -0.0171. The van der Waals surface area contributed by atoms with Crippen molar-refractivity contribution in [1.29, 1.82) is 0 Å². The first-order chi connectivity index (χ1) is 6.07. The molecule has 0 aromatic rings. The first-order valence-electron chi connectivity index (χ1n) is 4.37. The Morgan fingerprint density at radius 2 is 2.15 bits per heavy atom. The third kappa shape index (κ3) is 6.72. The van der Waals surface area contributed by atoms with Gasteiger partial charge in [-0.05, 0) is 13.8 Å². The molecule has 0 fully saturated rings. The predicted octanol–water partition coefficient (Wildman–Crippen LogP) is -0.521. The van der Waals surface area contributed by atoms with Crippen molar-refractivity contribution in [2.24, 2.45) is 0 Å². The summed E-state index contributed by atoms with van der Waals surface area (Å²) in [7, 11) is -0.823. The van der Waals surface area contributed by atoms with Crippen LogP contribution in [-0.2, 0) is 15.6 Å². The van der Waals surface area contributed by atoms with Gasteiger partial charge in [0.05, 0.1) is 6.54 Å². The van der Waals surface area contributed by atoms with Crippen LogP contribution in [0.15, 0.2) is 0 Å². The van der Waals surface area contributed by atoms with E-state index in [4.69, 9.17) is 0 Å². The fourth-order valence-electron chi connectivity index (χ4n) is 0.766. The van der Waals surface area contributed by atoms with Gasteiger partial charge in [-0.2, -0.15) is 0 Å². The summed E-state index contributed by atoms with van der Waals surface area (Å²) in [4.78, 5) is 10.9. The van der Waals surface area contributed by atoms with Crippen LogP contribution < -0.4 is 10.6 Å². The molecular weight excluding hydrogens is 188 g/mol. The largest absolute Gasteiger partial charge is 0.355 e. The number of carbonyl (C=O) groups excluding carboxylic acids is 1. The summed E-state index contributed by atoms with van der Waals surface area (Å²) in [5.41, 5.74) is 0. The number of rotatable bonds is 6. The molecule has 2 atom stereocenters. The lowest BCUT2D eigenvalue weighted by atomic mass is 10.4. The maximum atomic E-state index is 10.9. The van der Waals surface area contributed by atoms with Crippen molar-refractivity contribution in [2.75, 3.05) is 25.9 Å². The summed E-state index contributed by atoms with van der Waals surface area (Å²) in [6.07, 6.45) is 1.67. The first-order valence-corrected chi connectivity index (χ1v) is 5.99. The molecule has 13 heavy (non-hydrogen) atoms. The van der Waals surface area contributed by atoms with E-state index in [9.17, 15) is 9.00 Å². The SMILES string of the molecule is CCNC(=O)CNCC(C)S(C)=O. The highest BCUT2D eigenvalue weighted by Gasteiger charge is 2.05. The molecule has 0 bridgehead atoms. The summed E-state index contributed by atoms with van der Waals surface area (Å²) in [5, 5.41) is 5.71. The average Bonchev–Trinajstić information content (AvgIpc) is 2.04. The van der Waals surface area contributed by atoms with Gasteiger partial charge < -0.3 is 10.6 Å². The van der Waals surface area contributed by atoms with E-state index in [1.807, 2.05) is 13.8 Å². The summed E-state index contributed by atoms with van der Waals surface area (Å²) in [6, 6.07) is 0.